The van der Waals surface area contributed by atoms with Gasteiger partial charge in [0.1, 0.15) is 5.82 Å². The molecule has 2 heterocycles. The molecule has 1 atom stereocenters. The van der Waals surface area contributed by atoms with Crippen molar-refractivity contribution in [2.75, 3.05) is 19.7 Å². The van der Waals surface area contributed by atoms with Crippen LogP contribution in [-0.4, -0.2) is 39.9 Å². The van der Waals surface area contributed by atoms with Gasteiger partial charge in [-0.05, 0) is 44.0 Å². The molecule has 0 saturated carbocycles. The third-order valence-corrected chi connectivity index (χ3v) is 4.75. The highest BCUT2D eigenvalue weighted by atomic mass is 19.1. The summed E-state index contributed by atoms with van der Waals surface area (Å²) in [5.41, 5.74) is 0.571. The van der Waals surface area contributed by atoms with E-state index in [0.29, 0.717) is 23.9 Å². The zero-order valence-corrected chi connectivity index (χ0v) is 14.0. The van der Waals surface area contributed by atoms with E-state index >= 15 is 0 Å². The second-order valence-electron chi connectivity index (χ2n) is 6.73. The molecule has 1 unspecified atom stereocenters. The normalized spacial score (nSPS) is 22.0. The van der Waals surface area contributed by atoms with Gasteiger partial charge in [-0.3, -0.25) is 4.90 Å². The van der Waals surface area contributed by atoms with Gasteiger partial charge in [-0.25, -0.2) is 4.39 Å². The van der Waals surface area contributed by atoms with Crippen LogP contribution in [0.5, 0.6) is 0 Å². The van der Waals surface area contributed by atoms with Gasteiger partial charge >= 0.3 is 0 Å². The number of nitrogens with zero attached hydrogens (tertiary/aromatic N) is 3. The third kappa shape index (κ3) is 3.82. The summed E-state index contributed by atoms with van der Waals surface area (Å²) in [6.45, 7) is 4.74. The summed E-state index contributed by atoms with van der Waals surface area (Å²) in [6.07, 6.45) is 4.22. The molecule has 1 saturated heterocycles. The van der Waals surface area contributed by atoms with Crippen LogP contribution in [0.2, 0.25) is 0 Å². The molecule has 130 valence electrons. The highest BCUT2D eigenvalue weighted by Crippen LogP contribution is 2.34. The fraction of sp³-hybridized carbons (Fsp3) is 0.556. The lowest BCUT2D eigenvalue weighted by Crippen LogP contribution is -2.44. The van der Waals surface area contributed by atoms with Gasteiger partial charge in [0.05, 0.1) is 6.54 Å². The van der Waals surface area contributed by atoms with E-state index in [-0.39, 0.29) is 17.8 Å². The van der Waals surface area contributed by atoms with Gasteiger partial charge in [-0.2, -0.15) is 0 Å². The van der Waals surface area contributed by atoms with Crippen LogP contribution in [-0.2, 0) is 6.54 Å². The molecule has 2 aromatic rings. The Morgan fingerprint density at radius 3 is 3.00 bits per heavy atom. The smallest absolute Gasteiger partial charge is 0.247 e. The minimum atomic E-state index is -0.324. The fourth-order valence-electron chi connectivity index (χ4n) is 3.63. The van der Waals surface area contributed by atoms with Gasteiger partial charge < -0.3 is 9.52 Å². The van der Waals surface area contributed by atoms with Crippen LogP contribution in [0.15, 0.2) is 28.7 Å². The highest BCUT2D eigenvalue weighted by Gasteiger charge is 2.34. The number of aromatic nitrogens is 2. The quantitative estimate of drug-likeness (QED) is 0.879. The fourth-order valence-corrected chi connectivity index (χ4v) is 3.63. The van der Waals surface area contributed by atoms with E-state index in [9.17, 15) is 9.50 Å². The van der Waals surface area contributed by atoms with Gasteiger partial charge in [0.2, 0.25) is 11.8 Å². The van der Waals surface area contributed by atoms with E-state index in [1.807, 2.05) is 0 Å². The summed E-state index contributed by atoms with van der Waals surface area (Å²) in [6, 6.07) is 6.14. The minimum Gasteiger partial charge on any atom is -0.419 e. The summed E-state index contributed by atoms with van der Waals surface area (Å²) >= 11 is 0. The maximum atomic E-state index is 13.3. The maximum Gasteiger partial charge on any atom is 0.247 e. The van der Waals surface area contributed by atoms with Crippen molar-refractivity contribution in [3.05, 3.63) is 36.0 Å². The van der Waals surface area contributed by atoms with Gasteiger partial charge in [0.15, 0.2) is 0 Å². The molecule has 0 bridgehead atoms. The Hall–Kier alpha value is -1.79. The number of halogens is 1. The zero-order chi connectivity index (χ0) is 17.0. The maximum absolute atomic E-state index is 13.3. The molecule has 1 aliphatic heterocycles. The van der Waals surface area contributed by atoms with E-state index in [0.717, 1.165) is 38.8 Å². The average Bonchev–Trinajstić information content (AvgIpc) is 3.04. The lowest BCUT2D eigenvalue weighted by molar-refractivity contribution is 0.0185. The van der Waals surface area contributed by atoms with E-state index < -0.39 is 0 Å². The molecule has 24 heavy (non-hydrogen) atoms. The van der Waals surface area contributed by atoms with Crippen molar-refractivity contribution in [1.82, 2.24) is 15.1 Å². The van der Waals surface area contributed by atoms with Crippen molar-refractivity contribution in [2.45, 2.75) is 39.2 Å². The van der Waals surface area contributed by atoms with Crippen molar-refractivity contribution < 1.29 is 13.9 Å². The van der Waals surface area contributed by atoms with Crippen LogP contribution >= 0.6 is 0 Å². The number of hydrogen-bond acceptors (Lipinski definition) is 5. The van der Waals surface area contributed by atoms with E-state index in [1.54, 1.807) is 12.1 Å². The number of hydrogen-bond donors (Lipinski definition) is 1. The predicted octanol–water partition coefficient (Wildman–Crippen LogP) is 3.25. The van der Waals surface area contributed by atoms with Crippen LogP contribution in [0.3, 0.4) is 0 Å². The van der Waals surface area contributed by atoms with Gasteiger partial charge in [-0.15, -0.1) is 10.2 Å². The average molecular weight is 333 g/mol. The van der Waals surface area contributed by atoms with Crippen LogP contribution in [0.25, 0.3) is 11.5 Å². The van der Waals surface area contributed by atoms with E-state index in [1.165, 1.54) is 12.1 Å². The Balaban J connectivity index is 1.68. The van der Waals surface area contributed by atoms with Gasteiger partial charge in [0, 0.05) is 24.1 Å². The van der Waals surface area contributed by atoms with Crippen LogP contribution < -0.4 is 0 Å². The summed E-state index contributed by atoms with van der Waals surface area (Å²) in [5, 5.41) is 17.9. The zero-order valence-electron chi connectivity index (χ0n) is 14.0. The molecule has 1 fully saturated rings. The topological polar surface area (TPSA) is 62.4 Å². The number of likely N-dealkylation sites (tertiary alicyclic amines) is 1. The van der Waals surface area contributed by atoms with Crippen LogP contribution in [0.1, 0.15) is 38.5 Å². The SMILES string of the molecule is CCCC1(CO)CCCN(Cc2nnc(-c3cccc(F)c3)o2)C1. The lowest BCUT2D eigenvalue weighted by atomic mass is 9.77. The molecule has 1 aromatic carbocycles. The molecule has 0 aliphatic carbocycles. The summed E-state index contributed by atoms with van der Waals surface area (Å²) in [5.74, 6) is 0.540. The molecular weight excluding hydrogens is 309 g/mol. The molecule has 0 radical (unpaired) electrons. The third-order valence-electron chi connectivity index (χ3n) is 4.75. The second-order valence-corrected chi connectivity index (χ2v) is 6.73. The van der Waals surface area contributed by atoms with Crippen LogP contribution in [0, 0.1) is 11.2 Å². The Kier molecular flexibility index (Phi) is 5.26. The first-order valence-corrected chi connectivity index (χ1v) is 8.56. The first-order chi connectivity index (χ1) is 11.6. The van der Waals surface area contributed by atoms with E-state index in [2.05, 4.69) is 22.0 Å². The second kappa shape index (κ2) is 7.40. The first kappa shape index (κ1) is 17.0. The molecule has 5 nitrogen and oxygen atoms in total. The van der Waals surface area contributed by atoms with Crippen molar-refractivity contribution >= 4 is 0 Å². The van der Waals surface area contributed by atoms with Gasteiger partial charge in [0.25, 0.3) is 0 Å². The van der Waals surface area contributed by atoms with Crippen molar-refractivity contribution in [3.63, 3.8) is 0 Å². The summed E-state index contributed by atoms with van der Waals surface area (Å²) < 4.78 is 19.0. The lowest BCUT2D eigenvalue weighted by Gasteiger charge is -2.41. The Morgan fingerprint density at radius 1 is 1.38 bits per heavy atom. The minimum absolute atomic E-state index is 0.0155. The Morgan fingerprint density at radius 2 is 2.25 bits per heavy atom. The molecule has 1 aromatic heterocycles. The molecular formula is C18H24FN3O2. The summed E-state index contributed by atoms with van der Waals surface area (Å²) in [4.78, 5) is 2.26. The Bertz CT molecular complexity index is 672. The van der Waals surface area contributed by atoms with Crippen LogP contribution in [0.4, 0.5) is 4.39 Å². The standard InChI is InChI=1S/C18H24FN3O2/c1-2-7-18(13-23)8-4-9-22(12-18)11-16-20-21-17(24-16)14-5-3-6-15(19)10-14/h3,5-6,10,23H,2,4,7-9,11-13H2,1H3. The number of aliphatic hydroxyl groups excluding tert-OH is 1. The Labute approximate surface area is 141 Å². The molecule has 0 amide bonds. The number of benzene rings is 1. The molecule has 3 rings (SSSR count). The van der Waals surface area contributed by atoms with Crippen molar-refractivity contribution in [2.24, 2.45) is 5.41 Å². The van der Waals surface area contributed by atoms with E-state index in [4.69, 9.17) is 4.42 Å². The summed E-state index contributed by atoms with van der Waals surface area (Å²) in [7, 11) is 0. The molecule has 6 heteroatoms. The molecule has 0 spiro atoms. The largest absolute Gasteiger partial charge is 0.419 e. The van der Waals surface area contributed by atoms with Crippen molar-refractivity contribution in [1.29, 1.82) is 0 Å². The number of aliphatic hydroxyl groups is 1. The molecule has 1 N–H and O–H groups in total. The number of rotatable bonds is 6. The number of piperidine rings is 1. The van der Waals surface area contributed by atoms with Gasteiger partial charge in [-0.1, -0.05) is 19.4 Å². The van der Waals surface area contributed by atoms with Crippen molar-refractivity contribution in [3.8, 4) is 11.5 Å². The first-order valence-electron chi connectivity index (χ1n) is 8.56. The molecule has 1 aliphatic rings. The predicted molar refractivity (Wildman–Crippen MR) is 88.6 cm³/mol. The monoisotopic (exact) mass is 333 g/mol. The highest BCUT2D eigenvalue weighted by molar-refractivity contribution is 5.52.